The quantitative estimate of drug-likeness (QED) is 0.0236. The van der Waals surface area contributed by atoms with Crippen molar-refractivity contribution < 1.29 is 78.4 Å². The molecule has 0 bridgehead atoms. The second-order valence-corrected chi connectivity index (χ2v) is 14.3. The van der Waals surface area contributed by atoms with Crippen LogP contribution in [0.1, 0.15) is 65.2 Å². The van der Waals surface area contributed by atoms with E-state index in [0.29, 0.717) is 12.8 Å². The number of rotatable bonds is 25. The summed E-state index contributed by atoms with van der Waals surface area (Å²) in [6, 6.07) is -4.82. The van der Waals surface area contributed by atoms with Crippen molar-refractivity contribution in [2.24, 2.45) is 32.9 Å². The van der Waals surface area contributed by atoms with Crippen LogP contribution in [0.25, 0.3) is 0 Å². The fourth-order valence-corrected chi connectivity index (χ4v) is 6.55. The summed E-state index contributed by atoms with van der Waals surface area (Å²) in [6.45, 7) is 0.835. The molecule has 2 aliphatic heterocycles. The largest absolute Gasteiger partial charge is 0.477 e. The molecule has 0 saturated carbocycles. The third kappa shape index (κ3) is 17.5. The van der Waals surface area contributed by atoms with Gasteiger partial charge in [-0.1, -0.05) is 38.5 Å². The third-order valence-corrected chi connectivity index (χ3v) is 9.28. The third-order valence-electron chi connectivity index (χ3n) is 9.28. The number of nitrogens with one attached hydrogen (secondary N) is 4. The van der Waals surface area contributed by atoms with E-state index in [9.17, 15) is 59.4 Å². The summed E-state index contributed by atoms with van der Waals surface area (Å²) in [7, 11) is 0. The first kappa shape index (κ1) is 52.0. The molecule has 0 radical (unpaired) electrons. The molecule has 2 aliphatic rings. The molecule has 350 valence electrons. The molecule has 0 aromatic heterocycles. The molecule has 10 atom stereocenters. The topological polar surface area (TPSA) is 438 Å². The van der Waals surface area contributed by atoms with Crippen LogP contribution in [0.3, 0.4) is 0 Å². The van der Waals surface area contributed by atoms with E-state index in [1.54, 1.807) is 0 Å². The summed E-state index contributed by atoms with van der Waals surface area (Å²) in [4.78, 5) is 80.9. The highest BCUT2D eigenvalue weighted by Gasteiger charge is 2.48. The van der Waals surface area contributed by atoms with Gasteiger partial charge in [0.25, 0.3) is 0 Å². The van der Waals surface area contributed by atoms with Gasteiger partial charge < -0.3 is 93.8 Å². The molecule has 0 aromatic carbocycles. The van der Waals surface area contributed by atoms with Crippen molar-refractivity contribution in [2.75, 3.05) is 26.3 Å². The van der Waals surface area contributed by atoms with E-state index in [-0.39, 0.29) is 13.1 Å². The zero-order valence-electron chi connectivity index (χ0n) is 34.4. The lowest BCUT2D eigenvalue weighted by atomic mass is 9.92. The predicted molar refractivity (Wildman–Crippen MR) is 215 cm³/mol. The number of carbonyl (C=O) groups is 6. The van der Waals surface area contributed by atoms with Gasteiger partial charge in [0, 0.05) is 26.9 Å². The average Bonchev–Trinajstić information content (AvgIpc) is 3.19. The molecular weight excluding hydrogens is 828 g/mol. The molecule has 62 heavy (non-hydrogen) atoms. The number of aliphatic carboxylic acids is 2. The minimum atomic E-state index is -1.76. The average molecular weight is 889 g/mol. The maximum Gasteiger partial charge on any atom is 0.407 e. The Balaban J connectivity index is 1.80. The summed E-state index contributed by atoms with van der Waals surface area (Å²) in [5, 5.41) is 69.7. The first-order valence-electron chi connectivity index (χ1n) is 19.7. The lowest BCUT2D eigenvalue weighted by molar-refractivity contribution is -0.147. The van der Waals surface area contributed by atoms with E-state index in [4.69, 9.17) is 41.9 Å². The number of nitrogens with zero attached hydrogens (tertiary/aromatic N) is 2. The number of hydrogen-bond donors (Lipinski definition) is 14. The first-order valence-corrected chi connectivity index (χ1v) is 19.7. The summed E-state index contributed by atoms with van der Waals surface area (Å²) in [6.07, 6.45) is -3.97. The Morgan fingerprint density at radius 2 is 0.952 bits per heavy atom. The number of carboxylic acids is 2. The van der Waals surface area contributed by atoms with Gasteiger partial charge in [-0.3, -0.25) is 9.59 Å². The molecule has 26 nitrogen and oxygen atoms in total. The predicted octanol–water partition coefficient (Wildman–Crippen LogP) is -3.97. The van der Waals surface area contributed by atoms with Crippen LogP contribution in [-0.2, 0) is 38.1 Å². The molecule has 0 spiro atoms. The van der Waals surface area contributed by atoms with Crippen LogP contribution >= 0.6 is 0 Å². The molecule has 0 unspecified atom stereocenters. The molecule has 0 saturated heterocycles. The lowest BCUT2D eigenvalue weighted by Crippen LogP contribution is -2.61. The minimum Gasteiger partial charge on any atom is -0.477 e. The second-order valence-electron chi connectivity index (χ2n) is 14.3. The van der Waals surface area contributed by atoms with E-state index < -0.39 is 133 Å². The Hall–Kier alpha value is -6.12. The number of nitrogens with two attached hydrogens (primary N) is 4. The van der Waals surface area contributed by atoms with E-state index in [1.165, 1.54) is 0 Å². The van der Waals surface area contributed by atoms with Crippen molar-refractivity contribution in [1.82, 2.24) is 21.3 Å². The summed E-state index contributed by atoms with van der Waals surface area (Å²) >= 11 is 0. The SMILES string of the molecule is CC(=O)N[C@H]1[C@H]([C@H](OC(=O)NCCCCCCCCCCNC(=O)O[C@@H]([C@@H]2OC(C(=O)O)=C[C@H](N=C(N)N)[C@H]2NC(C)=O)[C@H](O)CO)[C@H](O)CO)OC(C(=O)O)=C[C@@H]1N=C(N)N. The maximum atomic E-state index is 12.7. The van der Waals surface area contributed by atoms with E-state index in [2.05, 4.69) is 31.3 Å². The van der Waals surface area contributed by atoms with Crippen molar-refractivity contribution in [3.05, 3.63) is 23.7 Å². The number of guanidine groups is 2. The van der Waals surface area contributed by atoms with Crippen molar-refractivity contribution >= 4 is 47.9 Å². The van der Waals surface area contributed by atoms with Crippen LogP contribution in [-0.4, -0.2) is 166 Å². The maximum absolute atomic E-state index is 12.7. The van der Waals surface area contributed by atoms with Gasteiger partial charge in [0.1, 0.15) is 12.2 Å². The Morgan fingerprint density at radius 3 is 1.23 bits per heavy atom. The van der Waals surface area contributed by atoms with Crippen molar-refractivity contribution in [3.8, 4) is 0 Å². The zero-order chi connectivity index (χ0) is 46.5. The summed E-state index contributed by atoms with van der Waals surface area (Å²) in [5.74, 6) is -6.42. The summed E-state index contributed by atoms with van der Waals surface area (Å²) < 4.78 is 21.7. The fourth-order valence-electron chi connectivity index (χ4n) is 6.55. The van der Waals surface area contributed by atoms with E-state index in [0.717, 1.165) is 64.5 Å². The number of aliphatic imine (C=N–C) groups is 2. The monoisotopic (exact) mass is 888 g/mol. The lowest BCUT2D eigenvalue weighted by Gasteiger charge is -2.39. The van der Waals surface area contributed by atoms with Crippen molar-refractivity contribution in [1.29, 1.82) is 0 Å². The van der Waals surface area contributed by atoms with Gasteiger partial charge in [-0.25, -0.2) is 29.2 Å². The zero-order valence-corrected chi connectivity index (χ0v) is 34.4. The highest BCUT2D eigenvalue weighted by atomic mass is 16.6. The van der Waals surface area contributed by atoms with Crippen LogP contribution in [0.15, 0.2) is 33.7 Å². The Labute approximate surface area is 356 Å². The molecule has 4 amide bonds. The second kappa shape index (κ2) is 26.3. The van der Waals surface area contributed by atoms with Crippen LogP contribution < -0.4 is 44.2 Å². The Bertz CT molecular complexity index is 1540. The van der Waals surface area contributed by atoms with Gasteiger partial charge >= 0.3 is 24.1 Å². The van der Waals surface area contributed by atoms with Crippen molar-refractivity contribution in [3.63, 3.8) is 0 Å². The number of hydrogen-bond acceptors (Lipinski definition) is 16. The smallest absolute Gasteiger partial charge is 0.407 e. The Morgan fingerprint density at radius 1 is 0.629 bits per heavy atom. The molecule has 26 heteroatoms. The number of alkyl carbamates (subject to hydrolysis) is 2. The summed E-state index contributed by atoms with van der Waals surface area (Å²) in [5.41, 5.74) is 22.0. The number of carboxylic acid groups (broad SMARTS) is 2. The molecular formula is C36H60N10O16. The fraction of sp³-hybridized carbons (Fsp3) is 0.667. The molecule has 0 fully saturated rings. The highest BCUT2D eigenvalue weighted by molar-refractivity contribution is 5.86. The molecule has 18 N–H and O–H groups in total. The van der Waals surface area contributed by atoms with Gasteiger partial charge in [-0.05, 0) is 25.0 Å². The number of carbonyl (C=O) groups excluding carboxylic acids is 4. The van der Waals surface area contributed by atoms with Gasteiger partial charge in [0.15, 0.2) is 36.3 Å². The number of aliphatic hydroxyl groups is 4. The van der Waals surface area contributed by atoms with Gasteiger partial charge in [-0.2, -0.15) is 0 Å². The molecule has 2 rings (SSSR count). The number of aliphatic hydroxyl groups excluding tert-OH is 4. The van der Waals surface area contributed by atoms with Crippen molar-refractivity contribution in [2.45, 2.75) is 126 Å². The van der Waals surface area contributed by atoms with Gasteiger partial charge in [-0.15, -0.1) is 0 Å². The van der Waals surface area contributed by atoms with Gasteiger partial charge in [0.2, 0.25) is 23.3 Å². The van der Waals surface area contributed by atoms with E-state index in [1.807, 2.05) is 0 Å². The molecule has 0 aliphatic carbocycles. The minimum absolute atomic E-state index is 0.172. The number of amides is 4. The van der Waals surface area contributed by atoms with E-state index >= 15 is 0 Å². The van der Waals surface area contributed by atoms with Crippen LogP contribution in [0.2, 0.25) is 0 Å². The standard InChI is InChI=1S/C36H60N10O16/c1-17(49)43-25-19(45-33(37)38)13-23(31(53)54)59-29(25)27(21(51)15-47)61-35(57)41-11-9-7-5-3-4-6-8-10-12-42-36(58)62-28(22(52)16-48)30-26(44-18(2)50)20(46-34(39)40)14-24(60-30)32(55)56/h13-14,19-22,25-30,47-48,51-52H,3-12,15-16H2,1-2H3,(H,41,57)(H,42,58)(H,43,49)(H,44,50)(H,53,54)(H,55,56)(H4,37,38,45)(H4,39,40,46)/t19-,20-,21+,22+,25+,26+,27+,28+,29+,30+/m0/s1. The highest BCUT2D eigenvalue weighted by Crippen LogP contribution is 2.28. The van der Waals surface area contributed by atoms with Crippen LogP contribution in [0.4, 0.5) is 9.59 Å². The molecule has 2 heterocycles. The van der Waals surface area contributed by atoms with Crippen LogP contribution in [0.5, 0.6) is 0 Å². The number of ether oxygens (including phenoxy) is 4. The molecule has 0 aromatic rings. The normalized spacial score (nSPS) is 22.5. The van der Waals surface area contributed by atoms with Gasteiger partial charge in [0.05, 0.1) is 37.4 Å². The Kier molecular flexibility index (Phi) is 22.0. The number of unbranched alkanes of at least 4 members (excludes halogenated alkanes) is 7. The van der Waals surface area contributed by atoms with Crippen LogP contribution in [0, 0.1) is 0 Å². The first-order chi connectivity index (χ1) is 29.3.